The van der Waals surface area contributed by atoms with Crippen molar-refractivity contribution in [3.8, 4) is 6.07 Å². The number of carbonyl (C=O) groups excluding carboxylic acids is 1. The number of aliphatic hydroxyl groups excluding tert-OH is 1. The van der Waals surface area contributed by atoms with Gasteiger partial charge >= 0.3 is 0 Å². The van der Waals surface area contributed by atoms with E-state index in [1.165, 1.54) is 24.6 Å². The number of nitriles is 1. The number of hydrogen-bond acceptors (Lipinski definition) is 5. The molecule has 0 saturated carbocycles. The second-order valence-corrected chi connectivity index (χ2v) is 11.4. The summed E-state index contributed by atoms with van der Waals surface area (Å²) < 4.78 is 27.5. The van der Waals surface area contributed by atoms with Crippen LogP contribution >= 0.6 is 0 Å². The van der Waals surface area contributed by atoms with Crippen molar-refractivity contribution in [3.05, 3.63) is 70.8 Å². The monoisotopic (exact) mass is 526 g/mol. The smallest absolute Gasteiger partial charge is 0.217 e. The van der Waals surface area contributed by atoms with Crippen molar-refractivity contribution in [2.24, 2.45) is 0 Å². The quantitative estimate of drug-likeness (QED) is 0.433. The maximum Gasteiger partial charge on any atom is 0.217 e. The van der Waals surface area contributed by atoms with Crippen molar-refractivity contribution in [1.82, 2.24) is 15.5 Å². The standard InChI is InChI=1S/C30H40F2N4O2/c1-21(37)35-27(17-22-15-25(31)19-26(32)16-22)28(38)20-34-30(9-13-36(14-10-30)12-6-11-33)24-8-5-7-23(18-24)29(2,3)4/h5,7-8,15-16,18-19,27-28,34,38H,6,9-10,12-14,17,20H2,1-4H3,(H,35,37). The first kappa shape index (κ1) is 29.7. The molecule has 1 saturated heterocycles. The summed E-state index contributed by atoms with van der Waals surface area (Å²) in [6.45, 7) is 10.4. The van der Waals surface area contributed by atoms with E-state index in [0.29, 0.717) is 12.0 Å². The van der Waals surface area contributed by atoms with Gasteiger partial charge in [0.05, 0.1) is 18.2 Å². The fourth-order valence-corrected chi connectivity index (χ4v) is 5.19. The Labute approximate surface area is 225 Å². The summed E-state index contributed by atoms with van der Waals surface area (Å²) in [6.07, 6.45) is 1.16. The SMILES string of the molecule is CC(=O)NC(Cc1cc(F)cc(F)c1)C(O)CNC1(c2cccc(C(C)(C)C)c2)CCN(CCC#N)CC1. The number of carbonyl (C=O) groups is 1. The largest absolute Gasteiger partial charge is 0.390 e. The summed E-state index contributed by atoms with van der Waals surface area (Å²) in [5.74, 6) is -1.73. The topological polar surface area (TPSA) is 88.4 Å². The van der Waals surface area contributed by atoms with Crippen LogP contribution in [-0.2, 0) is 22.2 Å². The Balaban J connectivity index is 1.83. The van der Waals surface area contributed by atoms with E-state index in [1.54, 1.807) is 0 Å². The molecule has 1 heterocycles. The zero-order valence-electron chi connectivity index (χ0n) is 22.9. The van der Waals surface area contributed by atoms with Crippen LogP contribution in [0.25, 0.3) is 0 Å². The Bertz CT molecular complexity index is 1110. The Kier molecular flexibility index (Phi) is 10.00. The number of hydrogen-bond donors (Lipinski definition) is 3. The number of rotatable bonds is 10. The molecule has 8 heteroatoms. The van der Waals surface area contributed by atoms with Crippen LogP contribution < -0.4 is 10.6 Å². The minimum Gasteiger partial charge on any atom is -0.390 e. The number of halogens is 2. The van der Waals surface area contributed by atoms with Gasteiger partial charge in [-0.2, -0.15) is 5.26 Å². The third-order valence-electron chi connectivity index (χ3n) is 7.41. The third-order valence-corrected chi connectivity index (χ3v) is 7.41. The summed E-state index contributed by atoms with van der Waals surface area (Å²) in [5, 5.41) is 26.6. The predicted molar refractivity (Wildman–Crippen MR) is 144 cm³/mol. The van der Waals surface area contributed by atoms with Gasteiger partial charge in [-0.05, 0) is 53.5 Å². The van der Waals surface area contributed by atoms with Crippen LogP contribution in [0, 0.1) is 23.0 Å². The fraction of sp³-hybridized carbons (Fsp3) is 0.533. The molecule has 0 aliphatic carbocycles. The van der Waals surface area contributed by atoms with Crippen molar-refractivity contribution >= 4 is 5.91 Å². The van der Waals surface area contributed by atoms with Gasteiger partial charge in [0.1, 0.15) is 11.6 Å². The molecule has 6 nitrogen and oxygen atoms in total. The van der Waals surface area contributed by atoms with Crippen molar-refractivity contribution in [3.63, 3.8) is 0 Å². The highest BCUT2D eigenvalue weighted by Gasteiger charge is 2.37. The molecule has 3 rings (SSSR count). The number of piperidine rings is 1. The van der Waals surface area contributed by atoms with Crippen LogP contribution in [0.15, 0.2) is 42.5 Å². The minimum absolute atomic E-state index is 0.0268. The Hall–Kier alpha value is -2.86. The Morgan fingerprint density at radius 2 is 1.82 bits per heavy atom. The molecule has 206 valence electrons. The summed E-state index contributed by atoms with van der Waals surface area (Å²) >= 11 is 0. The van der Waals surface area contributed by atoms with E-state index in [4.69, 9.17) is 5.26 Å². The lowest BCUT2D eigenvalue weighted by Gasteiger charge is -2.44. The molecule has 1 aliphatic heterocycles. The molecule has 1 amide bonds. The van der Waals surface area contributed by atoms with Crippen molar-refractivity contribution in [1.29, 1.82) is 5.26 Å². The molecule has 38 heavy (non-hydrogen) atoms. The molecular formula is C30H40F2N4O2. The van der Waals surface area contributed by atoms with Crippen molar-refractivity contribution in [2.75, 3.05) is 26.2 Å². The maximum atomic E-state index is 13.8. The van der Waals surface area contributed by atoms with Gasteiger partial charge in [-0.3, -0.25) is 4.79 Å². The molecule has 0 aromatic heterocycles. The van der Waals surface area contributed by atoms with Crippen LogP contribution in [0.2, 0.25) is 0 Å². The van der Waals surface area contributed by atoms with Gasteiger partial charge in [-0.15, -0.1) is 0 Å². The second-order valence-electron chi connectivity index (χ2n) is 11.4. The third kappa shape index (κ3) is 8.07. The molecule has 2 aromatic carbocycles. The molecular weight excluding hydrogens is 486 g/mol. The van der Waals surface area contributed by atoms with E-state index in [1.807, 2.05) is 0 Å². The Morgan fingerprint density at radius 3 is 2.39 bits per heavy atom. The zero-order chi connectivity index (χ0) is 27.9. The molecule has 2 unspecified atom stereocenters. The van der Waals surface area contributed by atoms with Crippen LogP contribution in [-0.4, -0.2) is 54.2 Å². The summed E-state index contributed by atoms with van der Waals surface area (Å²) in [6, 6.07) is 13.2. The zero-order valence-corrected chi connectivity index (χ0v) is 22.9. The van der Waals surface area contributed by atoms with Gasteiger partial charge in [0.15, 0.2) is 0 Å². The molecule has 0 radical (unpaired) electrons. The molecule has 3 N–H and O–H groups in total. The highest BCUT2D eigenvalue weighted by atomic mass is 19.1. The van der Waals surface area contributed by atoms with Crippen LogP contribution in [0.1, 0.15) is 63.6 Å². The van der Waals surface area contributed by atoms with E-state index in [0.717, 1.165) is 44.1 Å². The predicted octanol–water partition coefficient (Wildman–Crippen LogP) is 4.16. The lowest BCUT2D eigenvalue weighted by atomic mass is 9.77. The molecule has 2 atom stereocenters. The van der Waals surface area contributed by atoms with Gasteiger partial charge in [-0.1, -0.05) is 45.0 Å². The summed E-state index contributed by atoms with van der Waals surface area (Å²) in [4.78, 5) is 14.2. The average molecular weight is 527 g/mol. The second kappa shape index (κ2) is 12.8. The van der Waals surface area contributed by atoms with Gasteiger partial charge < -0.3 is 20.6 Å². The molecule has 2 aromatic rings. The average Bonchev–Trinajstić information content (AvgIpc) is 2.85. The van der Waals surface area contributed by atoms with E-state index in [2.05, 4.69) is 66.6 Å². The first-order valence-electron chi connectivity index (χ1n) is 13.3. The number of nitrogens with zero attached hydrogens (tertiary/aromatic N) is 2. The number of likely N-dealkylation sites (tertiary alicyclic amines) is 1. The van der Waals surface area contributed by atoms with Crippen LogP contribution in [0.4, 0.5) is 8.78 Å². The van der Waals surface area contributed by atoms with Crippen molar-refractivity contribution in [2.45, 2.75) is 76.5 Å². The molecule has 1 aliphatic rings. The normalized spacial score (nSPS) is 17.4. The van der Waals surface area contributed by atoms with E-state index < -0.39 is 29.3 Å². The van der Waals surface area contributed by atoms with Crippen molar-refractivity contribution < 1.29 is 18.7 Å². The minimum atomic E-state index is -0.996. The first-order chi connectivity index (χ1) is 17.9. The number of benzene rings is 2. The molecule has 1 fully saturated rings. The van der Waals surface area contributed by atoms with Gasteiger partial charge in [0.25, 0.3) is 0 Å². The molecule has 0 bridgehead atoms. The number of nitrogens with one attached hydrogen (secondary N) is 2. The van der Waals surface area contributed by atoms with Gasteiger partial charge in [0.2, 0.25) is 5.91 Å². The summed E-state index contributed by atoms with van der Waals surface area (Å²) in [5.41, 5.74) is 2.28. The maximum absolute atomic E-state index is 13.8. The van der Waals surface area contributed by atoms with E-state index in [-0.39, 0.29) is 24.3 Å². The highest BCUT2D eigenvalue weighted by Crippen LogP contribution is 2.35. The molecule has 0 spiro atoms. The Morgan fingerprint density at radius 1 is 1.16 bits per heavy atom. The van der Waals surface area contributed by atoms with Gasteiger partial charge in [-0.25, -0.2) is 8.78 Å². The highest BCUT2D eigenvalue weighted by molar-refractivity contribution is 5.73. The van der Waals surface area contributed by atoms with E-state index >= 15 is 0 Å². The first-order valence-corrected chi connectivity index (χ1v) is 13.3. The summed E-state index contributed by atoms with van der Waals surface area (Å²) in [7, 11) is 0. The lowest BCUT2D eigenvalue weighted by molar-refractivity contribution is -0.120. The van der Waals surface area contributed by atoms with Crippen LogP contribution in [0.5, 0.6) is 0 Å². The van der Waals surface area contributed by atoms with E-state index in [9.17, 15) is 18.7 Å². The number of amides is 1. The van der Waals surface area contributed by atoms with Crippen LogP contribution in [0.3, 0.4) is 0 Å². The number of aliphatic hydroxyl groups is 1. The lowest BCUT2D eigenvalue weighted by Crippen LogP contribution is -2.56. The fourth-order valence-electron chi connectivity index (χ4n) is 5.19. The van der Waals surface area contributed by atoms with Gasteiger partial charge in [0, 0.05) is 51.1 Å².